The number of halogens is 2. The molecule has 3 nitrogen and oxygen atoms in total. The molecule has 2 N–H and O–H groups in total. The van der Waals surface area contributed by atoms with Gasteiger partial charge in [0.2, 0.25) is 0 Å². The van der Waals surface area contributed by atoms with Crippen LogP contribution in [-0.2, 0) is 0 Å². The van der Waals surface area contributed by atoms with Crippen LogP contribution in [-0.4, -0.2) is 18.6 Å². The predicted octanol–water partition coefficient (Wildman–Crippen LogP) is 5.45. The minimum Gasteiger partial charge on any atom is -0.372 e. The molecule has 0 spiro atoms. The van der Waals surface area contributed by atoms with Crippen LogP contribution < -0.4 is 10.6 Å². The molecule has 114 valence electrons. The molecule has 0 saturated carbocycles. The third-order valence-corrected chi connectivity index (χ3v) is 3.74. The van der Waals surface area contributed by atoms with Crippen molar-refractivity contribution in [2.75, 3.05) is 24.2 Å². The molecule has 20 heavy (non-hydrogen) atoms. The van der Waals surface area contributed by atoms with Gasteiger partial charge < -0.3 is 10.6 Å². The van der Waals surface area contributed by atoms with Crippen LogP contribution in [0.5, 0.6) is 0 Å². The van der Waals surface area contributed by atoms with E-state index in [0.29, 0.717) is 21.7 Å². The van der Waals surface area contributed by atoms with E-state index in [0.717, 1.165) is 18.9 Å². The maximum atomic E-state index is 6.12. The zero-order chi connectivity index (χ0) is 15.0. The lowest BCUT2D eigenvalue weighted by Gasteiger charge is -2.10. The van der Waals surface area contributed by atoms with Gasteiger partial charge in [-0.1, -0.05) is 62.7 Å². The number of nitrogens with one attached hydrogen (secondary N) is 2. The molecular weight excluding hydrogens is 293 g/mol. The third kappa shape index (κ3) is 6.19. The van der Waals surface area contributed by atoms with Crippen LogP contribution in [0, 0.1) is 5.92 Å². The molecule has 0 saturated heterocycles. The lowest BCUT2D eigenvalue weighted by Crippen LogP contribution is -2.06. The molecule has 5 heteroatoms. The van der Waals surface area contributed by atoms with E-state index in [9.17, 15) is 0 Å². The summed E-state index contributed by atoms with van der Waals surface area (Å²) in [6, 6.07) is 1.72. The van der Waals surface area contributed by atoms with E-state index in [1.165, 1.54) is 25.7 Å². The zero-order valence-corrected chi connectivity index (χ0v) is 14.1. The number of aromatic nitrogens is 1. The van der Waals surface area contributed by atoms with Gasteiger partial charge in [-0.2, -0.15) is 0 Å². The fourth-order valence-electron chi connectivity index (χ4n) is 2.00. The van der Waals surface area contributed by atoms with Crippen LogP contribution in [0.4, 0.5) is 11.6 Å². The summed E-state index contributed by atoms with van der Waals surface area (Å²) in [4.78, 5) is 4.36. The molecule has 1 aromatic rings. The van der Waals surface area contributed by atoms with Crippen LogP contribution in [0.15, 0.2) is 6.07 Å². The Hall–Kier alpha value is -0.670. The maximum Gasteiger partial charge on any atom is 0.147 e. The molecule has 0 aliphatic heterocycles. The van der Waals surface area contributed by atoms with Crippen molar-refractivity contribution in [3.63, 3.8) is 0 Å². The Morgan fingerprint density at radius 1 is 1.05 bits per heavy atom. The highest BCUT2D eigenvalue weighted by atomic mass is 35.5. The van der Waals surface area contributed by atoms with E-state index >= 15 is 0 Å². The highest BCUT2D eigenvalue weighted by Crippen LogP contribution is 2.28. The van der Waals surface area contributed by atoms with Gasteiger partial charge in [-0.15, -0.1) is 0 Å². The van der Waals surface area contributed by atoms with Gasteiger partial charge in [-0.25, -0.2) is 4.98 Å². The number of hydrogen-bond donors (Lipinski definition) is 2. The second-order valence-corrected chi connectivity index (χ2v) is 6.24. The van der Waals surface area contributed by atoms with E-state index in [-0.39, 0.29) is 0 Å². The van der Waals surface area contributed by atoms with E-state index in [1.54, 1.807) is 13.1 Å². The highest BCUT2D eigenvalue weighted by Gasteiger charge is 2.07. The summed E-state index contributed by atoms with van der Waals surface area (Å²) >= 11 is 12.1. The first-order valence-electron chi connectivity index (χ1n) is 7.32. The molecule has 0 aliphatic rings. The number of rotatable bonds is 9. The van der Waals surface area contributed by atoms with E-state index in [2.05, 4.69) is 29.5 Å². The number of nitrogens with zero attached hydrogens (tertiary/aromatic N) is 1. The topological polar surface area (TPSA) is 37.0 Å². The molecule has 1 aromatic heterocycles. The fraction of sp³-hybridized carbons (Fsp3) is 0.667. The number of hydrogen-bond acceptors (Lipinski definition) is 3. The summed E-state index contributed by atoms with van der Waals surface area (Å²) in [5, 5.41) is 7.33. The Balaban J connectivity index is 2.28. The summed E-state index contributed by atoms with van der Waals surface area (Å²) in [6.07, 6.45) is 6.31. The van der Waals surface area contributed by atoms with Crippen LogP contribution in [0.1, 0.15) is 46.0 Å². The van der Waals surface area contributed by atoms with Gasteiger partial charge in [0.1, 0.15) is 11.6 Å². The van der Waals surface area contributed by atoms with E-state index in [4.69, 9.17) is 23.2 Å². The molecular formula is C15H25Cl2N3. The standard InChI is InChI=1S/C15H25Cl2N3/c1-11(2)8-6-4-5-7-9-19-15-13(17)10-12(16)14(18-3)20-15/h10-11H,4-9H2,1-3H3,(H2,18,19,20). The molecule has 1 heterocycles. The summed E-state index contributed by atoms with van der Waals surface area (Å²) in [5.41, 5.74) is 0. The van der Waals surface area contributed by atoms with Crippen LogP contribution in [0.25, 0.3) is 0 Å². The first kappa shape index (κ1) is 17.4. The Kier molecular flexibility index (Phi) is 8.08. The third-order valence-electron chi connectivity index (χ3n) is 3.17. The second-order valence-electron chi connectivity index (χ2n) is 5.42. The molecule has 0 fully saturated rings. The Bertz CT molecular complexity index is 408. The summed E-state index contributed by atoms with van der Waals surface area (Å²) in [7, 11) is 1.79. The van der Waals surface area contributed by atoms with Crippen molar-refractivity contribution in [1.82, 2.24) is 4.98 Å². The van der Waals surface area contributed by atoms with Crippen molar-refractivity contribution >= 4 is 34.8 Å². The first-order valence-corrected chi connectivity index (χ1v) is 8.07. The second kappa shape index (κ2) is 9.30. The quantitative estimate of drug-likeness (QED) is 0.595. The zero-order valence-electron chi connectivity index (χ0n) is 12.6. The van der Waals surface area contributed by atoms with Crippen molar-refractivity contribution < 1.29 is 0 Å². The van der Waals surface area contributed by atoms with Crippen LogP contribution >= 0.6 is 23.2 Å². The van der Waals surface area contributed by atoms with Gasteiger partial charge in [0, 0.05) is 13.6 Å². The average Bonchev–Trinajstić information content (AvgIpc) is 2.39. The monoisotopic (exact) mass is 317 g/mol. The highest BCUT2D eigenvalue weighted by molar-refractivity contribution is 6.37. The Morgan fingerprint density at radius 2 is 1.70 bits per heavy atom. The van der Waals surface area contributed by atoms with Gasteiger partial charge in [0.05, 0.1) is 10.0 Å². The van der Waals surface area contributed by atoms with Crippen molar-refractivity contribution in [3.05, 3.63) is 16.1 Å². The maximum absolute atomic E-state index is 6.12. The summed E-state index contributed by atoms with van der Waals surface area (Å²) in [5.74, 6) is 2.16. The number of unbranched alkanes of at least 4 members (excludes halogenated alkanes) is 3. The van der Waals surface area contributed by atoms with Crippen molar-refractivity contribution in [2.24, 2.45) is 5.92 Å². The van der Waals surface area contributed by atoms with Crippen LogP contribution in [0.2, 0.25) is 10.0 Å². The first-order chi connectivity index (χ1) is 9.54. The van der Waals surface area contributed by atoms with Crippen molar-refractivity contribution in [3.8, 4) is 0 Å². The number of pyridine rings is 1. The molecule has 1 rings (SSSR count). The van der Waals surface area contributed by atoms with Crippen LogP contribution in [0.3, 0.4) is 0 Å². The minimum absolute atomic E-state index is 0.539. The predicted molar refractivity (Wildman–Crippen MR) is 90.2 cm³/mol. The van der Waals surface area contributed by atoms with Gasteiger partial charge in [-0.3, -0.25) is 0 Å². The molecule has 0 unspecified atom stereocenters. The van der Waals surface area contributed by atoms with Gasteiger partial charge in [-0.05, 0) is 18.4 Å². The molecule has 0 aliphatic carbocycles. The molecule has 0 aromatic carbocycles. The van der Waals surface area contributed by atoms with E-state index in [1.807, 2.05) is 0 Å². The van der Waals surface area contributed by atoms with Gasteiger partial charge in [0.25, 0.3) is 0 Å². The minimum atomic E-state index is 0.539. The summed E-state index contributed by atoms with van der Waals surface area (Å²) in [6.45, 7) is 5.43. The molecule has 0 bridgehead atoms. The summed E-state index contributed by atoms with van der Waals surface area (Å²) < 4.78 is 0. The van der Waals surface area contributed by atoms with Crippen molar-refractivity contribution in [1.29, 1.82) is 0 Å². The average molecular weight is 318 g/mol. The van der Waals surface area contributed by atoms with E-state index < -0.39 is 0 Å². The molecule has 0 atom stereocenters. The lowest BCUT2D eigenvalue weighted by atomic mass is 10.0. The molecule has 0 radical (unpaired) electrons. The van der Waals surface area contributed by atoms with Crippen molar-refractivity contribution in [2.45, 2.75) is 46.0 Å². The largest absolute Gasteiger partial charge is 0.372 e. The van der Waals surface area contributed by atoms with Gasteiger partial charge in [0.15, 0.2) is 0 Å². The molecule has 0 amide bonds. The SMILES string of the molecule is CNc1nc(NCCCCCCC(C)C)c(Cl)cc1Cl. The number of anilines is 2. The van der Waals surface area contributed by atoms with Gasteiger partial charge >= 0.3 is 0 Å². The Morgan fingerprint density at radius 3 is 2.35 bits per heavy atom. The lowest BCUT2D eigenvalue weighted by molar-refractivity contribution is 0.523. The smallest absolute Gasteiger partial charge is 0.147 e. The fourth-order valence-corrected chi connectivity index (χ4v) is 2.52. The normalized spacial score (nSPS) is 10.9. The Labute approximate surface area is 132 Å².